The van der Waals surface area contributed by atoms with Gasteiger partial charge in [0.15, 0.2) is 11.5 Å². The zero-order valence-electron chi connectivity index (χ0n) is 22.7. The van der Waals surface area contributed by atoms with Crippen LogP contribution in [0.5, 0.6) is 11.5 Å². The minimum Gasteiger partial charge on any atom is -0.493 e. The molecule has 0 saturated heterocycles. The van der Waals surface area contributed by atoms with Gasteiger partial charge in [0.25, 0.3) is 5.91 Å². The number of hydrogen-bond acceptors (Lipinski definition) is 3. The van der Waals surface area contributed by atoms with Crippen LogP contribution in [0.1, 0.15) is 80.6 Å². The van der Waals surface area contributed by atoms with Crippen LogP contribution in [0.3, 0.4) is 0 Å². The van der Waals surface area contributed by atoms with Crippen molar-refractivity contribution in [2.45, 2.75) is 71.1 Å². The van der Waals surface area contributed by atoms with Crippen LogP contribution in [0, 0.1) is 0 Å². The topological polar surface area (TPSA) is 47.6 Å². The summed E-state index contributed by atoms with van der Waals surface area (Å²) in [6.45, 7) is 5.97. The number of carbonyl (C=O) groups is 1. The maximum absolute atomic E-state index is 12.9. The first-order valence-electron chi connectivity index (χ1n) is 13.5. The Hall–Kier alpha value is -2.69. The summed E-state index contributed by atoms with van der Waals surface area (Å²) < 4.78 is 11.4. The first kappa shape index (κ1) is 31.5. The van der Waals surface area contributed by atoms with Gasteiger partial charge < -0.3 is 14.8 Å². The lowest BCUT2D eigenvalue weighted by Gasteiger charge is -2.14. The minimum atomic E-state index is -0.354. The van der Waals surface area contributed by atoms with E-state index in [0.29, 0.717) is 34.4 Å². The first-order chi connectivity index (χ1) is 18.5. The molecule has 0 heterocycles. The Labute approximate surface area is 238 Å². The van der Waals surface area contributed by atoms with E-state index in [1.54, 1.807) is 38.3 Å². The van der Waals surface area contributed by atoms with Crippen LogP contribution in [-0.2, 0) is 6.42 Å². The smallest absolute Gasteiger partial charge is 0.255 e. The molecule has 0 fully saturated rings. The van der Waals surface area contributed by atoms with Crippen LogP contribution in [0.25, 0.3) is 0 Å². The minimum absolute atomic E-state index is 0.259. The predicted octanol–water partition coefficient (Wildman–Crippen LogP) is 9.34. The lowest BCUT2D eigenvalue weighted by molar-refractivity contribution is 0.0966. The number of nitrogens with one attached hydrogen (secondary N) is 1. The molecule has 0 radical (unpaired) electrons. The number of unbranched alkanes of at least 4 members (excludes halogenated alkanes) is 8. The number of ether oxygens (including phenoxy) is 2. The number of allylic oxidation sites excluding steroid dienone is 4. The standard InChI is InChI=1S/C32H41Cl2NO3/c1-4-27(33)31(28(34)5-2)35-32(36)26-21-22-29(37-3)30(24-26)38-23-17-12-10-8-6-7-9-11-14-18-25-19-15-13-16-20-25/h4-5,13,15-16,19-22,24H,1,6-12,14,17-18,23H2,2-3H3,(H,35,36)/b28-5+,31-27-. The lowest BCUT2D eigenvalue weighted by atomic mass is 10.0. The second-order valence-electron chi connectivity index (χ2n) is 9.15. The van der Waals surface area contributed by atoms with E-state index in [1.807, 2.05) is 0 Å². The Balaban J connectivity index is 1.68. The van der Waals surface area contributed by atoms with Crippen molar-refractivity contribution in [2.75, 3.05) is 13.7 Å². The van der Waals surface area contributed by atoms with Crippen LogP contribution in [0.4, 0.5) is 0 Å². The summed E-state index contributed by atoms with van der Waals surface area (Å²) in [6, 6.07) is 15.8. The molecule has 1 amide bonds. The number of carbonyl (C=O) groups excluding carboxylic acids is 1. The Morgan fingerprint density at radius 3 is 2.13 bits per heavy atom. The van der Waals surface area contributed by atoms with Crippen LogP contribution < -0.4 is 14.8 Å². The van der Waals surface area contributed by atoms with E-state index in [4.69, 9.17) is 32.7 Å². The van der Waals surface area contributed by atoms with Gasteiger partial charge in [-0.3, -0.25) is 4.79 Å². The van der Waals surface area contributed by atoms with Gasteiger partial charge in [0.1, 0.15) is 0 Å². The fourth-order valence-electron chi connectivity index (χ4n) is 4.09. The van der Waals surface area contributed by atoms with Crippen molar-refractivity contribution in [3.8, 4) is 11.5 Å². The van der Waals surface area contributed by atoms with E-state index in [1.165, 1.54) is 63.0 Å². The fraction of sp³-hybridized carbons (Fsp3) is 0.406. The number of halogens is 2. The molecule has 6 heteroatoms. The second kappa shape index (κ2) is 18.5. The van der Waals surface area contributed by atoms with Crippen molar-refractivity contribution in [3.05, 3.63) is 94.2 Å². The summed E-state index contributed by atoms with van der Waals surface area (Å²) in [5.41, 5.74) is 2.16. The van der Waals surface area contributed by atoms with Gasteiger partial charge in [-0.1, -0.05) is 111 Å². The average molecular weight is 559 g/mol. The maximum Gasteiger partial charge on any atom is 0.255 e. The third kappa shape index (κ3) is 11.4. The van der Waals surface area contributed by atoms with Gasteiger partial charge in [-0.2, -0.15) is 0 Å². The van der Waals surface area contributed by atoms with Crippen molar-refractivity contribution >= 4 is 29.1 Å². The quantitative estimate of drug-likeness (QED) is 0.146. The summed E-state index contributed by atoms with van der Waals surface area (Å²) in [6.07, 6.45) is 15.3. The number of rotatable bonds is 18. The highest BCUT2D eigenvalue weighted by molar-refractivity contribution is 6.36. The van der Waals surface area contributed by atoms with Gasteiger partial charge in [0.2, 0.25) is 0 Å². The summed E-state index contributed by atoms with van der Waals surface area (Å²) in [4.78, 5) is 12.9. The lowest BCUT2D eigenvalue weighted by Crippen LogP contribution is -2.23. The van der Waals surface area contributed by atoms with Gasteiger partial charge in [0.05, 0.1) is 29.5 Å². The molecule has 0 aliphatic carbocycles. The summed E-state index contributed by atoms with van der Waals surface area (Å²) >= 11 is 12.4. The predicted molar refractivity (Wildman–Crippen MR) is 160 cm³/mol. The molecule has 4 nitrogen and oxygen atoms in total. The summed E-state index contributed by atoms with van der Waals surface area (Å²) in [5.74, 6) is 0.765. The summed E-state index contributed by atoms with van der Waals surface area (Å²) in [5, 5.41) is 3.35. The number of benzene rings is 2. The molecule has 0 aliphatic heterocycles. The largest absolute Gasteiger partial charge is 0.493 e. The molecule has 0 saturated carbocycles. The molecule has 0 aromatic heterocycles. The highest BCUT2D eigenvalue weighted by Crippen LogP contribution is 2.29. The first-order valence-corrected chi connectivity index (χ1v) is 14.3. The van der Waals surface area contributed by atoms with Crippen molar-refractivity contribution in [1.29, 1.82) is 0 Å². The Morgan fingerprint density at radius 1 is 0.895 bits per heavy atom. The molecule has 38 heavy (non-hydrogen) atoms. The van der Waals surface area contributed by atoms with Crippen LogP contribution in [-0.4, -0.2) is 19.6 Å². The van der Waals surface area contributed by atoms with E-state index in [9.17, 15) is 4.79 Å². The molecule has 0 spiro atoms. The fourth-order valence-corrected chi connectivity index (χ4v) is 4.44. The van der Waals surface area contributed by atoms with E-state index in [-0.39, 0.29) is 10.9 Å². The maximum atomic E-state index is 12.9. The van der Waals surface area contributed by atoms with Crippen molar-refractivity contribution in [3.63, 3.8) is 0 Å². The second-order valence-corrected chi connectivity index (χ2v) is 9.96. The molecule has 0 bridgehead atoms. The number of methoxy groups -OCH3 is 1. The van der Waals surface area contributed by atoms with Crippen molar-refractivity contribution in [1.82, 2.24) is 5.32 Å². The van der Waals surface area contributed by atoms with Gasteiger partial charge in [-0.25, -0.2) is 0 Å². The van der Waals surface area contributed by atoms with Crippen LogP contribution >= 0.6 is 23.2 Å². The van der Waals surface area contributed by atoms with E-state index in [2.05, 4.69) is 42.2 Å². The normalized spacial score (nSPS) is 12.1. The zero-order valence-corrected chi connectivity index (χ0v) is 24.3. The van der Waals surface area contributed by atoms with E-state index < -0.39 is 0 Å². The molecule has 1 N–H and O–H groups in total. The van der Waals surface area contributed by atoms with Crippen LogP contribution in [0.2, 0.25) is 0 Å². The Morgan fingerprint density at radius 2 is 1.53 bits per heavy atom. The highest BCUT2D eigenvalue weighted by Gasteiger charge is 2.15. The molecule has 0 aliphatic rings. The zero-order chi connectivity index (χ0) is 27.6. The van der Waals surface area contributed by atoms with Crippen molar-refractivity contribution in [2.24, 2.45) is 0 Å². The molecule has 206 valence electrons. The van der Waals surface area contributed by atoms with E-state index in [0.717, 1.165) is 12.8 Å². The molecule has 2 rings (SSSR count). The number of hydrogen-bond donors (Lipinski definition) is 1. The molecule has 2 aromatic carbocycles. The third-order valence-corrected chi connectivity index (χ3v) is 7.04. The van der Waals surface area contributed by atoms with Gasteiger partial charge in [-0.05, 0) is 56.0 Å². The molecular formula is C32H41Cl2NO3. The number of amides is 1. The molecular weight excluding hydrogens is 517 g/mol. The molecule has 0 atom stereocenters. The van der Waals surface area contributed by atoms with E-state index >= 15 is 0 Å². The van der Waals surface area contributed by atoms with Gasteiger partial charge in [-0.15, -0.1) is 0 Å². The summed E-state index contributed by atoms with van der Waals surface area (Å²) in [7, 11) is 1.58. The highest BCUT2D eigenvalue weighted by atomic mass is 35.5. The average Bonchev–Trinajstić information content (AvgIpc) is 2.95. The Bertz CT molecular complexity index is 1060. The Kier molecular flexibility index (Phi) is 15.4. The van der Waals surface area contributed by atoms with Crippen molar-refractivity contribution < 1.29 is 14.3 Å². The molecule has 0 unspecified atom stereocenters. The van der Waals surface area contributed by atoms with Crippen LogP contribution in [0.15, 0.2) is 83.0 Å². The monoisotopic (exact) mass is 557 g/mol. The SMILES string of the molecule is C=C/C(Cl)=C(NC(=O)c1ccc(OC)c(OCCCCCCCCCCCc2ccccc2)c1)\C(Cl)=C/C. The number of aryl methyl sites for hydroxylation is 1. The molecule has 2 aromatic rings. The van der Waals surface area contributed by atoms with Gasteiger partial charge >= 0.3 is 0 Å². The van der Waals surface area contributed by atoms with Gasteiger partial charge in [0, 0.05) is 5.56 Å². The third-order valence-electron chi connectivity index (χ3n) is 6.28.